The summed E-state index contributed by atoms with van der Waals surface area (Å²) in [4.78, 5) is 0. The summed E-state index contributed by atoms with van der Waals surface area (Å²) in [6.45, 7) is 4.67. The van der Waals surface area contributed by atoms with Crippen molar-refractivity contribution in [2.24, 2.45) is 0 Å². The molecule has 0 fully saturated rings. The van der Waals surface area contributed by atoms with Gasteiger partial charge in [-0.05, 0) is 42.2 Å². The number of nitrogens with zero attached hydrogens (tertiary/aromatic N) is 1. The van der Waals surface area contributed by atoms with Crippen LogP contribution in [0.25, 0.3) is 0 Å². The summed E-state index contributed by atoms with van der Waals surface area (Å²) < 4.78 is 5.89. The zero-order valence-corrected chi connectivity index (χ0v) is 11.1. The van der Waals surface area contributed by atoms with Crippen LogP contribution in [-0.2, 0) is 6.61 Å². The molecule has 2 aromatic rings. The lowest BCUT2D eigenvalue weighted by molar-refractivity contribution is 0.306. The average molecular weight is 249 g/mol. The van der Waals surface area contributed by atoms with Crippen LogP contribution in [0.2, 0.25) is 0 Å². The molecule has 0 bridgehead atoms. The Morgan fingerprint density at radius 1 is 1.11 bits per heavy atom. The van der Waals surface area contributed by atoms with Crippen LogP contribution in [0.1, 0.15) is 33.7 Å². The SMILES string of the molecule is Cc1cc2c(cc1C)C(C#N)c1ccccc1CO2. The summed E-state index contributed by atoms with van der Waals surface area (Å²) in [5.74, 6) is 0.596. The molecular formula is C17H15NO. The number of nitriles is 1. The zero-order chi connectivity index (χ0) is 13.4. The van der Waals surface area contributed by atoms with E-state index in [1.54, 1.807) is 0 Å². The smallest absolute Gasteiger partial charge is 0.124 e. The van der Waals surface area contributed by atoms with Gasteiger partial charge < -0.3 is 4.74 Å². The number of ether oxygens (including phenoxy) is 1. The predicted molar refractivity (Wildman–Crippen MR) is 74.1 cm³/mol. The zero-order valence-electron chi connectivity index (χ0n) is 11.1. The predicted octanol–water partition coefficient (Wildman–Crippen LogP) is 3.85. The maximum atomic E-state index is 9.56. The van der Waals surface area contributed by atoms with Gasteiger partial charge in [-0.2, -0.15) is 5.26 Å². The Morgan fingerprint density at radius 2 is 1.84 bits per heavy atom. The minimum absolute atomic E-state index is 0.243. The highest BCUT2D eigenvalue weighted by Gasteiger charge is 2.24. The number of fused-ring (bicyclic) bond motifs is 2. The monoisotopic (exact) mass is 249 g/mol. The number of rotatable bonds is 0. The van der Waals surface area contributed by atoms with E-state index in [1.807, 2.05) is 30.3 Å². The molecule has 0 aromatic heterocycles. The third-order valence-electron chi connectivity index (χ3n) is 3.82. The fraction of sp³-hybridized carbons (Fsp3) is 0.235. The first-order valence-electron chi connectivity index (χ1n) is 6.42. The van der Waals surface area contributed by atoms with Crippen molar-refractivity contribution in [3.05, 3.63) is 64.2 Å². The Labute approximate surface area is 113 Å². The molecule has 19 heavy (non-hydrogen) atoms. The molecule has 1 aliphatic heterocycles. The number of hydrogen-bond donors (Lipinski definition) is 0. The molecule has 1 unspecified atom stereocenters. The van der Waals surface area contributed by atoms with Gasteiger partial charge in [0, 0.05) is 5.56 Å². The van der Waals surface area contributed by atoms with Crippen LogP contribution >= 0.6 is 0 Å². The lowest BCUT2D eigenvalue weighted by Crippen LogP contribution is -2.00. The first kappa shape index (κ1) is 11.8. The van der Waals surface area contributed by atoms with E-state index < -0.39 is 0 Å². The number of hydrogen-bond acceptors (Lipinski definition) is 2. The van der Waals surface area contributed by atoms with Crippen molar-refractivity contribution in [2.45, 2.75) is 26.4 Å². The third-order valence-corrected chi connectivity index (χ3v) is 3.82. The fourth-order valence-corrected chi connectivity index (χ4v) is 2.57. The molecule has 94 valence electrons. The third kappa shape index (κ3) is 1.88. The maximum Gasteiger partial charge on any atom is 0.124 e. The quantitative estimate of drug-likeness (QED) is 0.710. The second kappa shape index (κ2) is 4.44. The van der Waals surface area contributed by atoms with Gasteiger partial charge in [-0.25, -0.2) is 0 Å². The highest BCUT2D eigenvalue weighted by atomic mass is 16.5. The van der Waals surface area contributed by atoms with E-state index in [4.69, 9.17) is 4.74 Å². The van der Waals surface area contributed by atoms with Gasteiger partial charge >= 0.3 is 0 Å². The van der Waals surface area contributed by atoms with Crippen molar-refractivity contribution < 1.29 is 4.74 Å². The van der Waals surface area contributed by atoms with E-state index >= 15 is 0 Å². The van der Waals surface area contributed by atoms with Gasteiger partial charge in [-0.15, -0.1) is 0 Å². The van der Waals surface area contributed by atoms with Crippen molar-refractivity contribution in [1.82, 2.24) is 0 Å². The normalized spacial score (nSPS) is 16.6. The Kier molecular flexibility index (Phi) is 2.76. The molecule has 0 radical (unpaired) electrons. The van der Waals surface area contributed by atoms with Crippen LogP contribution in [0.3, 0.4) is 0 Å². The molecule has 0 spiro atoms. The Bertz CT molecular complexity index is 682. The van der Waals surface area contributed by atoms with Crippen LogP contribution in [0.5, 0.6) is 5.75 Å². The van der Waals surface area contributed by atoms with Gasteiger partial charge in [-0.1, -0.05) is 30.3 Å². The van der Waals surface area contributed by atoms with Crippen LogP contribution < -0.4 is 4.74 Å². The minimum Gasteiger partial charge on any atom is -0.489 e. The second-order valence-electron chi connectivity index (χ2n) is 5.02. The highest BCUT2D eigenvalue weighted by molar-refractivity contribution is 5.53. The fourth-order valence-electron chi connectivity index (χ4n) is 2.57. The van der Waals surface area contributed by atoms with Crippen molar-refractivity contribution in [2.75, 3.05) is 0 Å². The van der Waals surface area contributed by atoms with E-state index in [0.29, 0.717) is 6.61 Å². The largest absolute Gasteiger partial charge is 0.489 e. The van der Waals surface area contributed by atoms with E-state index in [9.17, 15) is 5.26 Å². The molecule has 0 amide bonds. The van der Waals surface area contributed by atoms with Crippen LogP contribution in [0, 0.1) is 25.2 Å². The molecule has 2 heteroatoms. The molecule has 1 atom stereocenters. The summed E-state index contributed by atoms with van der Waals surface area (Å²) >= 11 is 0. The van der Waals surface area contributed by atoms with Crippen molar-refractivity contribution in [1.29, 1.82) is 5.26 Å². The topological polar surface area (TPSA) is 33.0 Å². The summed E-state index contributed by atoms with van der Waals surface area (Å²) in [7, 11) is 0. The van der Waals surface area contributed by atoms with Gasteiger partial charge in [0.15, 0.2) is 0 Å². The Hall–Kier alpha value is -2.27. The molecular weight excluding hydrogens is 234 g/mol. The van der Waals surface area contributed by atoms with E-state index in [2.05, 4.69) is 26.0 Å². The Morgan fingerprint density at radius 3 is 2.63 bits per heavy atom. The molecule has 0 N–H and O–H groups in total. The van der Waals surface area contributed by atoms with E-state index in [1.165, 1.54) is 11.1 Å². The van der Waals surface area contributed by atoms with Crippen LogP contribution in [0.4, 0.5) is 0 Å². The lowest BCUT2D eigenvalue weighted by Gasteiger charge is -2.13. The van der Waals surface area contributed by atoms with Gasteiger partial charge in [0.2, 0.25) is 0 Å². The minimum atomic E-state index is -0.243. The number of benzene rings is 2. The lowest BCUT2D eigenvalue weighted by atomic mass is 9.88. The molecule has 0 aliphatic carbocycles. The van der Waals surface area contributed by atoms with Gasteiger partial charge in [0.25, 0.3) is 0 Å². The standard InChI is InChI=1S/C17H15NO/c1-11-7-15-16(9-18)14-6-4-3-5-13(14)10-19-17(15)8-12(11)2/h3-8,16H,10H2,1-2H3. The van der Waals surface area contributed by atoms with Crippen LogP contribution in [-0.4, -0.2) is 0 Å². The summed E-state index contributed by atoms with van der Waals surface area (Å²) in [6.07, 6.45) is 0. The van der Waals surface area contributed by atoms with Gasteiger partial charge in [0.1, 0.15) is 18.3 Å². The molecule has 3 rings (SSSR count). The van der Waals surface area contributed by atoms with E-state index in [-0.39, 0.29) is 5.92 Å². The summed E-state index contributed by atoms with van der Waals surface area (Å²) in [5, 5.41) is 9.56. The molecule has 1 heterocycles. The molecule has 1 aliphatic rings. The molecule has 0 saturated heterocycles. The van der Waals surface area contributed by atoms with Crippen LogP contribution in [0.15, 0.2) is 36.4 Å². The van der Waals surface area contributed by atoms with Crippen molar-refractivity contribution in [3.63, 3.8) is 0 Å². The van der Waals surface area contributed by atoms with Crippen molar-refractivity contribution in [3.8, 4) is 11.8 Å². The molecule has 2 nitrogen and oxygen atoms in total. The van der Waals surface area contributed by atoms with E-state index in [0.717, 1.165) is 22.4 Å². The summed E-state index contributed by atoms with van der Waals surface area (Å²) in [6, 6.07) is 14.6. The second-order valence-corrected chi connectivity index (χ2v) is 5.02. The summed E-state index contributed by atoms with van der Waals surface area (Å²) in [5.41, 5.74) is 5.53. The first-order valence-corrected chi connectivity index (χ1v) is 6.42. The first-order chi connectivity index (χ1) is 9.20. The van der Waals surface area contributed by atoms with Crippen molar-refractivity contribution >= 4 is 0 Å². The van der Waals surface area contributed by atoms with Gasteiger partial charge in [-0.3, -0.25) is 0 Å². The maximum absolute atomic E-state index is 9.56. The molecule has 2 aromatic carbocycles. The highest BCUT2D eigenvalue weighted by Crippen LogP contribution is 2.38. The van der Waals surface area contributed by atoms with Gasteiger partial charge in [0.05, 0.1) is 6.07 Å². The average Bonchev–Trinajstić information content (AvgIpc) is 2.56. The number of aryl methyl sites for hydroxylation is 2. The Balaban J connectivity index is 2.24. The molecule has 0 saturated carbocycles.